The number of rotatable bonds is 1. The average Bonchev–Trinajstić information content (AvgIpc) is 2.85. The molecule has 86 valence electrons. The molecule has 2 aliphatic rings. The van der Waals surface area contributed by atoms with Crippen molar-refractivity contribution in [1.29, 1.82) is 0 Å². The zero-order valence-corrected chi connectivity index (χ0v) is 9.03. The maximum atomic E-state index is 9.98. The van der Waals surface area contributed by atoms with Crippen molar-refractivity contribution in [3.63, 3.8) is 0 Å². The zero-order valence-electron chi connectivity index (χ0n) is 9.03. The highest BCUT2D eigenvalue weighted by Crippen LogP contribution is 2.45. The Labute approximate surface area is 94.0 Å². The van der Waals surface area contributed by atoms with Gasteiger partial charge in [-0.3, -0.25) is 0 Å². The predicted molar refractivity (Wildman–Crippen MR) is 58.6 cm³/mol. The third kappa shape index (κ3) is 1.33. The van der Waals surface area contributed by atoms with Crippen LogP contribution < -0.4 is 15.2 Å². The van der Waals surface area contributed by atoms with Crippen LogP contribution in [-0.2, 0) is 5.54 Å². The summed E-state index contributed by atoms with van der Waals surface area (Å²) in [5, 5.41) is 9.98. The summed E-state index contributed by atoms with van der Waals surface area (Å²) in [5.74, 6) is 1.50. The molecular formula is C12H15NO3. The SMILES string of the molecule is NC1(c2cc3c(cc2O)OCO3)CCCC1. The van der Waals surface area contributed by atoms with Crippen LogP contribution in [0.3, 0.4) is 0 Å². The molecule has 4 nitrogen and oxygen atoms in total. The number of hydrogen-bond donors (Lipinski definition) is 2. The van der Waals surface area contributed by atoms with Crippen molar-refractivity contribution in [2.24, 2.45) is 5.73 Å². The van der Waals surface area contributed by atoms with E-state index < -0.39 is 5.54 Å². The lowest BCUT2D eigenvalue weighted by atomic mass is 9.88. The molecule has 1 heterocycles. The fourth-order valence-corrected chi connectivity index (χ4v) is 2.61. The molecule has 1 aromatic rings. The molecule has 0 bridgehead atoms. The molecule has 1 aliphatic heterocycles. The summed E-state index contributed by atoms with van der Waals surface area (Å²) in [6, 6.07) is 3.42. The minimum absolute atomic E-state index is 0.216. The first-order chi connectivity index (χ1) is 7.69. The minimum atomic E-state index is -0.398. The van der Waals surface area contributed by atoms with Gasteiger partial charge in [0.2, 0.25) is 6.79 Å². The molecule has 3 N–H and O–H groups in total. The van der Waals surface area contributed by atoms with Crippen molar-refractivity contribution in [1.82, 2.24) is 0 Å². The minimum Gasteiger partial charge on any atom is -0.507 e. The number of benzene rings is 1. The van der Waals surface area contributed by atoms with Gasteiger partial charge in [0.15, 0.2) is 11.5 Å². The molecule has 16 heavy (non-hydrogen) atoms. The van der Waals surface area contributed by atoms with Crippen molar-refractivity contribution in [3.8, 4) is 17.2 Å². The highest BCUT2D eigenvalue weighted by Gasteiger charge is 2.35. The van der Waals surface area contributed by atoms with Gasteiger partial charge >= 0.3 is 0 Å². The van der Waals surface area contributed by atoms with Gasteiger partial charge < -0.3 is 20.3 Å². The number of aromatic hydroxyl groups is 1. The molecule has 0 unspecified atom stereocenters. The summed E-state index contributed by atoms with van der Waals surface area (Å²) < 4.78 is 10.5. The first-order valence-electron chi connectivity index (χ1n) is 5.61. The third-order valence-electron chi connectivity index (χ3n) is 3.52. The Morgan fingerprint density at radius 2 is 1.75 bits per heavy atom. The first-order valence-corrected chi connectivity index (χ1v) is 5.61. The normalized spacial score (nSPS) is 21.3. The van der Waals surface area contributed by atoms with Gasteiger partial charge in [0.05, 0.1) is 0 Å². The summed E-state index contributed by atoms with van der Waals surface area (Å²) in [5.41, 5.74) is 6.71. The van der Waals surface area contributed by atoms with E-state index in [0.717, 1.165) is 31.2 Å². The Morgan fingerprint density at radius 1 is 1.12 bits per heavy atom. The second-order valence-corrected chi connectivity index (χ2v) is 4.59. The zero-order chi connectivity index (χ0) is 11.2. The highest BCUT2D eigenvalue weighted by atomic mass is 16.7. The van der Waals surface area contributed by atoms with Gasteiger partial charge in [0, 0.05) is 17.2 Å². The fourth-order valence-electron chi connectivity index (χ4n) is 2.61. The smallest absolute Gasteiger partial charge is 0.231 e. The van der Waals surface area contributed by atoms with Crippen LogP contribution in [0.25, 0.3) is 0 Å². The van der Waals surface area contributed by atoms with Gasteiger partial charge in [-0.15, -0.1) is 0 Å². The summed E-state index contributed by atoms with van der Waals surface area (Å²) >= 11 is 0. The van der Waals surface area contributed by atoms with Gasteiger partial charge in [-0.2, -0.15) is 0 Å². The summed E-state index contributed by atoms with van der Waals surface area (Å²) in [7, 11) is 0. The van der Waals surface area contributed by atoms with E-state index in [1.807, 2.05) is 6.07 Å². The second-order valence-electron chi connectivity index (χ2n) is 4.59. The Bertz CT molecular complexity index is 425. The van der Waals surface area contributed by atoms with Crippen molar-refractivity contribution >= 4 is 0 Å². The lowest BCUT2D eigenvalue weighted by Gasteiger charge is -2.25. The van der Waals surface area contributed by atoms with Crippen LogP contribution in [0.15, 0.2) is 12.1 Å². The highest BCUT2D eigenvalue weighted by molar-refractivity contribution is 5.53. The van der Waals surface area contributed by atoms with E-state index in [2.05, 4.69) is 0 Å². The molecule has 1 aromatic carbocycles. The Balaban J connectivity index is 2.07. The van der Waals surface area contributed by atoms with Crippen molar-refractivity contribution in [2.75, 3.05) is 6.79 Å². The molecule has 4 heteroatoms. The van der Waals surface area contributed by atoms with Gasteiger partial charge in [-0.25, -0.2) is 0 Å². The Kier molecular flexibility index (Phi) is 2.01. The molecule has 1 aliphatic carbocycles. The lowest BCUT2D eigenvalue weighted by molar-refractivity contribution is 0.174. The van der Waals surface area contributed by atoms with Crippen LogP contribution in [0.4, 0.5) is 0 Å². The quantitative estimate of drug-likeness (QED) is 0.759. The standard InChI is InChI=1S/C12H15NO3/c13-12(3-1-2-4-12)8-5-10-11(6-9(8)14)16-7-15-10/h5-6,14H,1-4,7,13H2. The molecule has 0 atom stereocenters. The van der Waals surface area contributed by atoms with Crippen LogP contribution in [-0.4, -0.2) is 11.9 Å². The molecule has 1 fully saturated rings. The van der Waals surface area contributed by atoms with Gasteiger partial charge in [0.1, 0.15) is 5.75 Å². The maximum absolute atomic E-state index is 9.98. The van der Waals surface area contributed by atoms with E-state index in [-0.39, 0.29) is 12.5 Å². The van der Waals surface area contributed by atoms with Crippen LogP contribution in [0.5, 0.6) is 17.2 Å². The number of fused-ring (bicyclic) bond motifs is 1. The number of ether oxygens (including phenoxy) is 2. The average molecular weight is 221 g/mol. The van der Waals surface area contributed by atoms with Crippen molar-refractivity contribution < 1.29 is 14.6 Å². The lowest BCUT2D eigenvalue weighted by Crippen LogP contribution is -2.33. The summed E-state index contributed by atoms with van der Waals surface area (Å²) in [4.78, 5) is 0. The molecule has 0 radical (unpaired) electrons. The largest absolute Gasteiger partial charge is 0.507 e. The van der Waals surface area contributed by atoms with Gasteiger partial charge in [0.25, 0.3) is 0 Å². The van der Waals surface area contributed by atoms with Gasteiger partial charge in [-0.1, -0.05) is 12.8 Å². The molecule has 0 spiro atoms. The predicted octanol–water partition coefficient (Wildman–Crippen LogP) is 1.85. The molecule has 3 rings (SSSR count). The number of hydrogen-bond acceptors (Lipinski definition) is 4. The van der Waals surface area contributed by atoms with Crippen LogP contribution in [0.2, 0.25) is 0 Å². The second kappa shape index (κ2) is 3.28. The Hall–Kier alpha value is -1.42. The molecular weight excluding hydrogens is 206 g/mol. The van der Waals surface area contributed by atoms with Crippen LogP contribution in [0, 0.1) is 0 Å². The number of nitrogens with two attached hydrogens (primary N) is 1. The van der Waals surface area contributed by atoms with E-state index >= 15 is 0 Å². The topological polar surface area (TPSA) is 64.7 Å². The third-order valence-corrected chi connectivity index (χ3v) is 3.52. The van der Waals surface area contributed by atoms with E-state index in [9.17, 15) is 5.11 Å². The molecule has 0 amide bonds. The monoisotopic (exact) mass is 221 g/mol. The van der Waals surface area contributed by atoms with E-state index in [1.54, 1.807) is 6.07 Å². The van der Waals surface area contributed by atoms with E-state index in [0.29, 0.717) is 11.5 Å². The van der Waals surface area contributed by atoms with Crippen LogP contribution >= 0.6 is 0 Å². The van der Waals surface area contributed by atoms with E-state index in [1.165, 1.54) is 0 Å². The maximum Gasteiger partial charge on any atom is 0.231 e. The molecule has 1 saturated carbocycles. The van der Waals surface area contributed by atoms with Crippen LogP contribution in [0.1, 0.15) is 31.2 Å². The summed E-state index contributed by atoms with van der Waals surface area (Å²) in [6.07, 6.45) is 4.06. The van der Waals surface area contributed by atoms with Crippen molar-refractivity contribution in [3.05, 3.63) is 17.7 Å². The first kappa shape index (κ1) is 9.78. The molecule has 0 saturated heterocycles. The van der Waals surface area contributed by atoms with Crippen molar-refractivity contribution in [2.45, 2.75) is 31.2 Å². The Morgan fingerprint density at radius 3 is 2.44 bits per heavy atom. The van der Waals surface area contributed by atoms with Gasteiger partial charge in [-0.05, 0) is 18.9 Å². The molecule has 0 aromatic heterocycles. The fraction of sp³-hybridized carbons (Fsp3) is 0.500. The number of phenolic OH excluding ortho intramolecular Hbond substituents is 1. The summed E-state index contributed by atoms with van der Waals surface area (Å²) in [6.45, 7) is 0.218. The van der Waals surface area contributed by atoms with E-state index in [4.69, 9.17) is 15.2 Å². The number of phenols is 1.